The van der Waals surface area contributed by atoms with Crippen LogP contribution < -0.4 is 10.9 Å². The third-order valence-corrected chi connectivity index (χ3v) is 3.40. The number of benzene rings is 1. The molecule has 146 valence electrons. The van der Waals surface area contributed by atoms with Crippen molar-refractivity contribution in [1.29, 1.82) is 0 Å². The lowest BCUT2D eigenvalue weighted by Crippen LogP contribution is -2.15. The van der Waals surface area contributed by atoms with Crippen molar-refractivity contribution in [3.05, 3.63) is 52.8 Å². The number of carbonyl (C=O) groups is 3. The summed E-state index contributed by atoms with van der Waals surface area (Å²) in [4.78, 5) is 53.8. The van der Waals surface area contributed by atoms with Gasteiger partial charge in [-0.25, -0.2) is 14.8 Å². The zero-order valence-electron chi connectivity index (χ0n) is 14.7. The molecule has 0 fully saturated rings. The van der Waals surface area contributed by atoms with E-state index in [1.165, 1.54) is 36.9 Å². The summed E-state index contributed by atoms with van der Waals surface area (Å²) in [6.07, 6.45) is 2.90. The van der Waals surface area contributed by atoms with Crippen LogP contribution in [0.4, 0.5) is 5.69 Å². The zero-order chi connectivity index (χ0) is 20.7. The number of nitrogens with zero attached hydrogens (tertiary/aromatic N) is 3. The van der Waals surface area contributed by atoms with Crippen LogP contribution in [0.1, 0.15) is 23.7 Å². The Kier molecular flexibility index (Phi) is 6.58. The van der Waals surface area contributed by atoms with Gasteiger partial charge in [-0.3, -0.25) is 14.4 Å². The van der Waals surface area contributed by atoms with E-state index in [2.05, 4.69) is 20.3 Å². The molecule has 28 heavy (non-hydrogen) atoms. The summed E-state index contributed by atoms with van der Waals surface area (Å²) >= 11 is 0. The van der Waals surface area contributed by atoms with Crippen molar-refractivity contribution in [2.75, 3.05) is 5.32 Å². The Morgan fingerprint density at radius 2 is 1.79 bits per heavy atom. The fourth-order valence-electron chi connectivity index (χ4n) is 2.20. The second-order valence-electron chi connectivity index (χ2n) is 5.54. The number of aromatic nitrogens is 4. The molecule has 0 unspecified atom stereocenters. The van der Waals surface area contributed by atoms with Crippen LogP contribution in [-0.2, 0) is 16.1 Å². The number of anilines is 1. The van der Waals surface area contributed by atoms with Crippen LogP contribution in [-0.4, -0.2) is 47.6 Å². The number of carbonyl (C=O) groups excluding carboxylic acids is 1. The van der Waals surface area contributed by atoms with Crippen LogP contribution >= 0.6 is 0 Å². The maximum absolute atomic E-state index is 12.0. The summed E-state index contributed by atoms with van der Waals surface area (Å²) in [5.41, 5.74) is 0.963. The van der Waals surface area contributed by atoms with E-state index in [1.54, 1.807) is 4.57 Å². The van der Waals surface area contributed by atoms with Gasteiger partial charge in [-0.15, -0.1) is 0 Å². The number of carboxylic acid groups (broad SMARTS) is 2. The summed E-state index contributed by atoms with van der Waals surface area (Å²) in [6.45, 7) is 1.39. The van der Waals surface area contributed by atoms with E-state index in [1.807, 2.05) is 0 Å². The van der Waals surface area contributed by atoms with Gasteiger partial charge in [0.2, 0.25) is 5.91 Å². The Hall–Kier alpha value is -4.02. The summed E-state index contributed by atoms with van der Waals surface area (Å²) in [5.74, 6) is -2.10. The summed E-state index contributed by atoms with van der Waals surface area (Å²) < 4.78 is 1.62. The molecule has 11 nitrogen and oxygen atoms in total. The second kappa shape index (κ2) is 9.07. The average Bonchev–Trinajstić information content (AvgIpc) is 3.04. The van der Waals surface area contributed by atoms with Crippen molar-refractivity contribution in [3.63, 3.8) is 0 Å². The van der Waals surface area contributed by atoms with E-state index in [9.17, 15) is 14.4 Å². The Balaban J connectivity index is 0.000000640. The molecule has 3 aromatic rings. The second-order valence-corrected chi connectivity index (χ2v) is 5.54. The van der Waals surface area contributed by atoms with Gasteiger partial charge < -0.3 is 25.1 Å². The van der Waals surface area contributed by atoms with Crippen LogP contribution in [0.2, 0.25) is 0 Å². The topological polar surface area (TPSA) is 167 Å². The Bertz CT molecular complexity index is 1050. The first-order valence-corrected chi connectivity index (χ1v) is 7.99. The number of aliphatic carboxylic acids is 1. The highest BCUT2D eigenvalue weighted by Crippen LogP contribution is 2.11. The molecule has 0 spiro atoms. The van der Waals surface area contributed by atoms with Gasteiger partial charge in [0.15, 0.2) is 11.2 Å². The van der Waals surface area contributed by atoms with E-state index in [0.717, 1.165) is 6.92 Å². The highest BCUT2D eigenvalue weighted by atomic mass is 16.4. The molecule has 0 saturated heterocycles. The van der Waals surface area contributed by atoms with Gasteiger partial charge in [0, 0.05) is 25.6 Å². The number of nitrogens with one attached hydrogen (secondary N) is 2. The SMILES string of the molecule is CC(=O)O.O=C(CCn1cnc2c(=O)[nH]cnc21)Nc1ccc(C(=O)O)cc1. The van der Waals surface area contributed by atoms with E-state index in [-0.39, 0.29) is 29.0 Å². The molecule has 0 bridgehead atoms. The Labute approximate surface area is 157 Å². The van der Waals surface area contributed by atoms with Crippen LogP contribution in [0, 0.1) is 0 Å². The Morgan fingerprint density at radius 3 is 2.39 bits per heavy atom. The van der Waals surface area contributed by atoms with Crippen LogP contribution in [0.25, 0.3) is 11.2 Å². The number of hydrogen-bond acceptors (Lipinski definition) is 6. The lowest BCUT2D eigenvalue weighted by molar-refractivity contribution is -0.134. The molecule has 0 radical (unpaired) electrons. The monoisotopic (exact) mass is 387 g/mol. The van der Waals surface area contributed by atoms with Crippen molar-refractivity contribution >= 4 is 34.7 Å². The predicted molar refractivity (Wildman–Crippen MR) is 98.1 cm³/mol. The molecule has 2 aromatic heterocycles. The number of fused-ring (bicyclic) bond motifs is 1. The first-order chi connectivity index (χ1) is 13.3. The van der Waals surface area contributed by atoms with E-state index < -0.39 is 11.9 Å². The standard InChI is InChI=1S/C15H13N5O4.C2H4O2/c21-11(19-10-3-1-9(2-4-10)15(23)24)5-6-20-8-18-12-13(20)16-7-17-14(12)22;1-2(3)4/h1-4,7-8H,5-6H2,(H,19,21)(H,23,24)(H,16,17,22);1H3,(H,3,4). The molecule has 1 aromatic carbocycles. The summed E-state index contributed by atoms with van der Waals surface area (Å²) in [7, 11) is 0. The number of aromatic carboxylic acids is 1. The third-order valence-electron chi connectivity index (χ3n) is 3.40. The normalized spacial score (nSPS) is 10.0. The fraction of sp³-hybridized carbons (Fsp3) is 0.176. The molecule has 0 atom stereocenters. The third kappa shape index (κ3) is 5.49. The number of amides is 1. The van der Waals surface area contributed by atoms with Gasteiger partial charge in [-0.1, -0.05) is 0 Å². The molecule has 0 aliphatic rings. The minimum atomic E-state index is -1.03. The minimum absolute atomic E-state index is 0.147. The minimum Gasteiger partial charge on any atom is -0.481 e. The first kappa shape index (κ1) is 20.3. The quantitative estimate of drug-likeness (QED) is 0.501. The fourth-order valence-corrected chi connectivity index (χ4v) is 2.20. The van der Waals surface area contributed by atoms with Gasteiger partial charge in [0.25, 0.3) is 11.5 Å². The molecule has 3 rings (SSSR count). The van der Waals surface area contributed by atoms with Gasteiger partial charge in [0.1, 0.15) is 0 Å². The molecule has 0 aliphatic heterocycles. The number of H-pyrrole nitrogens is 1. The highest BCUT2D eigenvalue weighted by molar-refractivity contribution is 5.92. The lowest BCUT2D eigenvalue weighted by Gasteiger charge is -2.06. The summed E-state index contributed by atoms with van der Waals surface area (Å²) in [6, 6.07) is 5.87. The molecule has 0 aliphatic carbocycles. The highest BCUT2D eigenvalue weighted by Gasteiger charge is 2.09. The Morgan fingerprint density at radius 1 is 1.14 bits per heavy atom. The maximum Gasteiger partial charge on any atom is 0.335 e. The van der Waals surface area contributed by atoms with Crippen LogP contribution in [0.5, 0.6) is 0 Å². The number of carboxylic acids is 2. The zero-order valence-corrected chi connectivity index (χ0v) is 14.7. The van der Waals surface area contributed by atoms with Gasteiger partial charge >= 0.3 is 5.97 Å². The number of imidazole rings is 1. The number of rotatable bonds is 5. The average molecular weight is 387 g/mol. The number of aryl methyl sites for hydroxylation is 1. The van der Waals surface area contributed by atoms with Crippen molar-refractivity contribution in [2.24, 2.45) is 0 Å². The van der Waals surface area contributed by atoms with Crippen molar-refractivity contribution < 1.29 is 24.6 Å². The van der Waals surface area contributed by atoms with Crippen LogP contribution in [0.3, 0.4) is 0 Å². The van der Waals surface area contributed by atoms with E-state index in [0.29, 0.717) is 17.9 Å². The van der Waals surface area contributed by atoms with E-state index >= 15 is 0 Å². The maximum atomic E-state index is 12.0. The molecule has 0 saturated carbocycles. The molecule has 2 heterocycles. The van der Waals surface area contributed by atoms with Gasteiger partial charge in [0.05, 0.1) is 18.2 Å². The molecular formula is C17H17N5O6. The predicted octanol–water partition coefficient (Wildman–Crippen LogP) is 0.937. The summed E-state index contributed by atoms with van der Waals surface area (Å²) in [5, 5.41) is 18.9. The van der Waals surface area contributed by atoms with Crippen molar-refractivity contribution in [3.8, 4) is 0 Å². The molecule has 4 N–H and O–H groups in total. The first-order valence-electron chi connectivity index (χ1n) is 7.99. The van der Waals surface area contributed by atoms with E-state index in [4.69, 9.17) is 15.0 Å². The molecule has 11 heteroatoms. The number of hydrogen-bond donors (Lipinski definition) is 4. The molecular weight excluding hydrogens is 370 g/mol. The number of aromatic amines is 1. The van der Waals surface area contributed by atoms with Gasteiger partial charge in [-0.05, 0) is 24.3 Å². The van der Waals surface area contributed by atoms with Crippen molar-refractivity contribution in [2.45, 2.75) is 19.9 Å². The smallest absolute Gasteiger partial charge is 0.335 e. The lowest BCUT2D eigenvalue weighted by atomic mass is 10.2. The van der Waals surface area contributed by atoms with Crippen LogP contribution in [0.15, 0.2) is 41.7 Å². The molecule has 1 amide bonds. The van der Waals surface area contributed by atoms with Gasteiger partial charge in [-0.2, -0.15) is 0 Å². The largest absolute Gasteiger partial charge is 0.481 e. The van der Waals surface area contributed by atoms with Crippen molar-refractivity contribution in [1.82, 2.24) is 19.5 Å².